The van der Waals surface area contributed by atoms with E-state index in [1.807, 2.05) is 6.92 Å². The summed E-state index contributed by atoms with van der Waals surface area (Å²) < 4.78 is 0. The van der Waals surface area contributed by atoms with Crippen molar-refractivity contribution in [2.45, 2.75) is 13.8 Å². The van der Waals surface area contributed by atoms with Crippen LogP contribution in [-0.4, -0.2) is 15.8 Å². The molecule has 6 nitrogen and oxygen atoms in total. The summed E-state index contributed by atoms with van der Waals surface area (Å²) in [7, 11) is 0. The zero-order chi connectivity index (χ0) is 14.7. The van der Waals surface area contributed by atoms with Crippen LogP contribution in [-0.2, 0) is 0 Å². The summed E-state index contributed by atoms with van der Waals surface area (Å²) in [5.74, 6) is -0.187. The van der Waals surface area contributed by atoms with Gasteiger partial charge in [0.2, 0.25) is 0 Å². The first-order chi connectivity index (χ1) is 9.47. The third-order valence-electron chi connectivity index (χ3n) is 2.75. The number of aryl methyl sites for hydroxylation is 2. The number of nitro groups is 1. The van der Waals surface area contributed by atoms with E-state index in [9.17, 15) is 14.9 Å². The average Bonchev–Trinajstić information content (AvgIpc) is 2.41. The lowest BCUT2D eigenvalue weighted by atomic mass is 10.1. The van der Waals surface area contributed by atoms with Gasteiger partial charge in [-0.05, 0) is 37.1 Å². The molecule has 0 saturated carbocycles. The Balaban J connectivity index is 2.31. The molecule has 0 unspecified atom stereocenters. The van der Waals surface area contributed by atoms with Crippen LogP contribution >= 0.6 is 0 Å². The molecule has 0 bridgehead atoms. The van der Waals surface area contributed by atoms with E-state index in [1.54, 1.807) is 31.3 Å². The van der Waals surface area contributed by atoms with Gasteiger partial charge in [0.15, 0.2) is 0 Å². The molecule has 2 rings (SSSR count). The monoisotopic (exact) mass is 271 g/mol. The number of rotatable bonds is 3. The number of carbonyl (C=O) groups is 1. The Hall–Kier alpha value is -2.76. The summed E-state index contributed by atoms with van der Waals surface area (Å²) in [5, 5.41) is 13.5. The number of aromatic nitrogens is 1. The predicted octanol–water partition coefficient (Wildman–Crippen LogP) is 2.86. The molecular formula is C14H13N3O3. The molecule has 0 fully saturated rings. The number of benzene rings is 1. The van der Waals surface area contributed by atoms with Crippen molar-refractivity contribution >= 4 is 17.4 Å². The van der Waals surface area contributed by atoms with Crippen molar-refractivity contribution < 1.29 is 9.72 Å². The van der Waals surface area contributed by atoms with E-state index in [1.165, 1.54) is 12.1 Å². The van der Waals surface area contributed by atoms with Crippen LogP contribution in [0, 0.1) is 24.0 Å². The van der Waals surface area contributed by atoms with Gasteiger partial charge in [-0.1, -0.05) is 12.1 Å². The van der Waals surface area contributed by atoms with Crippen LogP contribution in [0.3, 0.4) is 0 Å². The van der Waals surface area contributed by atoms with Crippen LogP contribution in [0.2, 0.25) is 0 Å². The molecule has 1 amide bonds. The highest BCUT2D eigenvalue weighted by molar-refractivity contribution is 6.06. The maximum Gasteiger partial charge on any atom is 0.282 e. The largest absolute Gasteiger partial charge is 0.306 e. The zero-order valence-corrected chi connectivity index (χ0v) is 11.1. The second kappa shape index (κ2) is 5.48. The predicted molar refractivity (Wildman–Crippen MR) is 74.8 cm³/mol. The lowest BCUT2D eigenvalue weighted by Gasteiger charge is -2.06. The van der Waals surface area contributed by atoms with Crippen molar-refractivity contribution in [1.82, 2.24) is 4.98 Å². The van der Waals surface area contributed by atoms with Crippen molar-refractivity contribution in [3.63, 3.8) is 0 Å². The number of carbonyl (C=O) groups excluding carboxylic acids is 1. The fourth-order valence-electron chi connectivity index (χ4n) is 1.72. The first kappa shape index (κ1) is 13.7. The summed E-state index contributed by atoms with van der Waals surface area (Å²) in [6, 6.07) is 7.86. The number of nitrogens with zero attached hydrogens (tertiary/aromatic N) is 2. The second-order valence-corrected chi connectivity index (χ2v) is 4.45. The van der Waals surface area contributed by atoms with Crippen molar-refractivity contribution in [2.75, 3.05) is 5.32 Å². The molecule has 1 aromatic carbocycles. The molecule has 0 aliphatic rings. The van der Waals surface area contributed by atoms with Crippen molar-refractivity contribution in [2.24, 2.45) is 0 Å². The molecule has 0 saturated heterocycles. The molecular weight excluding hydrogens is 258 g/mol. The Morgan fingerprint density at radius 1 is 1.20 bits per heavy atom. The molecule has 20 heavy (non-hydrogen) atoms. The number of nitro benzene ring substituents is 1. The molecule has 0 radical (unpaired) electrons. The second-order valence-electron chi connectivity index (χ2n) is 4.45. The maximum absolute atomic E-state index is 12.1. The zero-order valence-electron chi connectivity index (χ0n) is 11.1. The van der Waals surface area contributed by atoms with Gasteiger partial charge in [0.25, 0.3) is 11.6 Å². The van der Waals surface area contributed by atoms with Gasteiger partial charge < -0.3 is 5.32 Å². The van der Waals surface area contributed by atoms with E-state index >= 15 is 0 Å². The Bertz CT molecular complexity index is 666. The van der Waals surface area contributed by atoms with Crippen molar-refractivity contribution in [1.29, 1.82) is 0 Å². The molecule has 0 aliphatic carbocycles. The van der Waals surface area contributed by atoms with Gasteiger partial charge in [0.1, 0.15) is 11.4 Å². The van der Waals surface area contributed by atoms with Gasteiger partial charge in [0.05, 0.1) is 4.92 Å². The first-order valence-electron chi connectivity index (χ1n) is 5.96. The fourth-order valence-corrected chi connectivity index (χ4v) is 1.72. The number of hydrogen-bond acceptors (Lipinski definition) is 4. The summed E-state index contributed by atoms with van der Waals surface area (Å²) in [6.07, 6.45) is 1.61. The van der Waals surface area contributed by atoms with Gasteiger partial charge in [-0.3, -0.25) is 14.9 Å². The third-order valence-corrected chi connectivity index (χ3v) is 2.75. The number of amides is 1. The van der Waals surface area contributed by atoms with Crippen molar-refractivity contribution in [3.8, 4) is 0 Å². The number of anilines is 1. The topological polar surface area (TPSA) is 85.1 Å². The Labute approximate surface area is 115 Å². The molecule has 102 valence electrons. The lowest BCUT2D eigenvalue weighted by Crippen LogP contribution is -2.15. The van der Waals surface area contributed by atoms with E-state index < -0.39 is 10.8 Å². The normalized spacial score (nSPS) is 10.1. The molecule has 1 N–H and O–H groups in total. The molecule has 0 atom stereocenters. The average molecular weight is 271 g/mol. The van der Waals surface area contributed by atoms with Gasteiger partial charge in [-0.2, -0.15) is 0 Å². The minimum absolute atomic E-state index is 0.0253. The summed E-state index contributed by atoms with van der Waals surface area (Å²) in [4.78, 5) is 26.5. The molecule has 6 heteroatoms. The minimum atomic E-state index is -0.572. The van der Waals surface area contributed by atoms with Crippen LogP contribution in [0.15, 0.2) is 36.5 Å². The Morgan fingerprint density at radius 2 is 1.90 bits per heavy atom. The molecule has 0 aliphatic heterocycles. The molecule has 0 spiro atoms. The summed E-state index contributed by atoms with van der Waals surface area (Å²) in [6.45, 7) is 3.65. The number of hydrogen-bond donors (Lipinski definition) is 1. The standard InChI is InChI=1S/C14H13N3O3/c1-9-3-5-12(17(19)20)11(7-9)14(18)16-13-6-4-10(2)8-15-13/h3-8H,1-2H3,(H,15,16,18). The van der Waals surface area contributed by atoms with Crippen LogP contribution in [0.25, 0.3) is 0 Å². The Morgan fingerprint density at radius 3 is 2.50 bits per heavy atom. The smallest absolute Gasteiger partial charge is 0.282 e. The molecule has 1 aromatic heterocycles. The fraction of sp³-hybridized carbons (Fsp3) is 0.143. The maximum atomic E-state index is 12.1. The number of pyridine rings is 1. The van der Waals surface area contributed by atoms with E-state index in [-0.39, 0.29) is 11.3 Å². The van der Waals surface area contributed by atoms with Gasteiger partial charge in [-0.15, -0.1) is 0 Å². The van der Waals surface area contributed by atoms with Crippen molar-refractivity contribution in [3.05, 3.63) is 63.3 Å². The van der Waals surface area contributed by atoms with Gasteiger partial charge in [0, 0.05) is 12.3 Å². The van der Waals surface area contributed by atoms with Crippen LogP contribution < -0.4 is 5.32 Å². The summed E-state index contributed by atoms with van der Waals surface area (Å²) in [5.41, 5.74) is 1.54. The quantitative estimate of drug-likeness (QED) is 0.687. The van der Waals surface area contributed by atoms with Crippen LogP contribution in [0.1, 0.15) is 21.5 Å². The van der Waals surface area contributed by atoms with Gasteiger partial charge >= 0.3 is 0 Å². The highest BCUT2D eigenvalue weighted by Gasteiger charge is 2.20. The number of nitrogens with one attached hydrogen (secondary N) is 1. The molecule has 1 heterocycles. The molecule has 2 aromatic rings. The van der Waals surface area contributed by atoms with E-state index in [2.05, 4.69) is 10.3 Å². The van der Waals surface area contributed by atoms with Crippen LogP contribution in [0.4, 0.5) is 11.5 Å². The summed E-state index contributed by atoms with van der Waals surface area (Å²) >= 11 is 0. The Kier molecular flexibility index (Phi) is 3.74. The SMILES string of the molecule is Cc1ccc(NC(=O)c2cc(C)ccc2[N+](=O)[O-])nc1. The van der Waals surface area contributed by atoms with E-state index in [0.717, 1.165) is 11.1 Å². The highest BCUT2D eigenvalue weighted by Crippen LogP contribution is 2.21. The minimum Gasteiger partial charge on any atom is -0.306 e. The third kappa shape index (κ3) is 2.97. The lowest BCUT2D eigenvalue weighted by molar-refractivity contribution is -0.385. The van der Waals surface area contributed by atoms with Crippen LogP contribution in [0.5, 0.6) is 0 Å². The highest BCUT2D eigenvalue weighted by atomic mass is 16.6. The van der Waals surface area contributed by atoms with Gasteiger partial charge in [-0.25, -0.2) is 4.98 Å². The first-order valence-corrected chi connectivity index (χ1v) is 5.96. The van der Waals surface area contributed by atoms with E-state index in [4.69, 9.17) is 0 Å². The van der Waals surface area contributed by atoms with E-state index in [0.29, 0.717) is 5.82 Å².